The number of imidazole rings is 1. The van der Waals surface area contributed by atoms with E-state index >= 15 is 0 Å². The number of allylic oxidation sites excluding steroid dienone is 4. The van der Waals surface area contributed by atoms with Crippen LogP contribution < -0.4 is 31.5 Å². The molecule has 0 unspecified atom stereocenters. The van der Waals surface area contributed by atoms with Crippen molar-refractivity contribution in [1.29, 1.82) is 0 Å². The van der Waals surface area contributed by atoms with Crippen LogP contribution in [0.25, 0.3) is 11.2 Å². The Morgan fingerprint density at radius 3 is 2.09 bits per heavy atom. The number of nitrogens with zero attached hydrogens (tertiary/aromatic N) is 7. The molecule has 17 nitrogen and oxygen atoms in total. The molecule has 1 amide bonds. The third-order valence-corrected chi connectivity index (χ3v) is 8.63. The monoisotopic (exact) mass is 758 g/mol. The first-order valence-electron chi connectivity index (χ1n) is 19.9. The topological polar surface area (TPSA) is 233 Å². The summed E-state index contributed by atoms with van der Waals surface area (Å²) in [5, 5.41) is 11.7. The maximum Gasteiger partial charge on any atom is 0.415 e. The number of hydrogen-bond donors (Lipinski definition) is 3. The molecule has 2 aliphatic heterocycles. The van der Waals surface area contributed by atoms with E-state index in [1.54, 1.807) is 11.5 Å². The largest absolute Gasteiger partial charge is 0.463 e. The molecule has 3 aromatic heterocycles. The minimum atomic E-state index is -0.778. The number of rotatable bonds is 2. The van der Waals surface area contributed by atoms with Crippen molar-refractivity contribution in [1.82, 2.24) is 29.5 Å². The molecule has 5 aromatic rings. The van der Waals surface area contributed by atoms with Crippen molar-refractivity contribution in [2.45, 2.75) is 58.5 Å². The molecule has 2 aliphatic rings. The predicted octanol–water partition coefficient (Wildman–Crippen LogP) is 5.91. The fourth-order valence-corrected chi connectivity index (χ4v) is 6.02. The van der Waals surface area contributed by atoms with Gasteiger partial charge in [0.25, 0.3) is 0 Å². The minimum Gasteiger partial charge on any atom is -0.463 e. The molecule has 290 valence electrons. The Labute approximate surface area is 322 Å². The third kappa shape index (κ3) is 9.61. The van der Waals surface area contributed by atoms with E-state index in [9.17, 15) is 19.7 Å². The molecular weight excluding hydrogens is 708 g/mol. The van der Waals surface area contributed by atoms with Gasteiger partial charge in [-0.1, -0.05) is 72.8 Å². The smallest absolute Gasteiger partial charge is 0.415 e. The molecule has 0 spiro atoms. The van der Waals surface area contributed by atoms with Gasteiger partial charge in [0.05, 0.1) is 37.8 Å². The summed E-state index contributed by atoms with van der Waals surface area (Å²) >= 11 is 0. The van der Waals surface area contributed by atoms with Gasteiger partial charge >= 0.3 is 29.5 Å². The second-order valence-corrected chi connectivity index (χ2v) is 12.7. The number of nitrogens with two attached hydrogens (primary N) is 2. The quantitative estimate of drug-likeness (QED) is 0.108. The SMILES string of the molecule is CCOC(=O)N1Cc2cccc(c2)C/C=C/CCCOc2nc(N)c([N+](=O)[O-])c1n2.Nc1nc2nc3c1[nH]c(=O)n3Cc1cccc(c1)C/C=C/CCCO2.[2H][2H].[2H][2H]. The van der Waals surface area contributed by atoms with Gasteiger partial charge in [0.15, 0.2) is 11.5 Å². The highest BCUT2D eigenvalue weighted by atomic mass is 16.6. The minimum absolute atomic E-state index is 0.00706. The number of nitrogen functional groups attached to an aromatic ring is 2. The van der Waals surface area contributed by atoms with E-state index < -0.39 is 16.7 Å². The molecule has 0 saturated carbocycles. The molecule has 0 atom stereocenters. The Balaban J connectivity index is 0.000000243. The number of aromatic nitrogens is 6. The van der Waals surface area contributed by atoms with E-state index in [0.29, 0.717) is 37.3 Å². The fraction of sp³-hybridized carbons (Fsp3) is 0.316. The molecule has 5 N–H and O–H groups in total. The number of nitro groups is 1. The summed E-state index contributed by atoms with van der Waals surface area (Å²) in [6.45, 7) is 2.96. The van der Waals surface area contributed by atoms with Gasteiger partial charge < -0.3 is 30.7 Å². The van der Waals surface area contributed by atoms with Gasteiger partial charge in [0.1, 0.15) is 5.52 Å². The van der Waals surface area contributed by atoms with E-state index in [-0.39, 0.29) is 48.3 Å². The van der Waals surface area contributed by atoms with Crippen molar-refractivity contribution < 1.29 is 29.9 Å². The number of carbonyl (C=O) groups is 1. The lowest BCUT2D eigenvalue weighted by Crippen LogP contribution is -2.33. The van der Waals surface area contributed by atoms with Crippen LogP contribution in [0.15, 0.2) is 77.6 Å². The number of carbonyl (C=O) groups excluding carboxylic acids is 1. The highest BCUT2D eigenvalue weighted by Gasteiger charge is 2.32. The van der Waals surface area contributed by atoms with Crippen molar-refractivity contribution >= 4 is 40.4 Å². The average molecular weight is 759 g/mol. The normalized spacial score (nSPS) is 16.0. The van der Waals surface area contributed by atoms with Gasteiger partial charge in [-0.25, -0.2) is 9.59 Å². The molecule has 8 bridgehead atoms. The zero-order valence-corrected chi connectivity index (χ0v) is 30.3. The number of H-pyrrole nitrogens is 1. The number of nitrogens with one attached hydrogen (secondary N) is 1. The van der Waals surface area contributed by atoms with Gasteiger partial charge in [-0.2, -0.15) is 19.9 Å². The highest BCUT2D eigenvalue weighted by Crippen LogP contribution is 2.34. The van der Waals surface area contributed by atoms with Gasteiger partial charge in [0.2, 0.25) is 11.6 Å². The van der Waals surface area contributed by atoms with E-state index in [0.717, 1.165) is 53.7 Å². The van der Waals surface area contributed by atoms with Crippen molar-refractivity contribution in [3.05, 3.63) is 116 Å². The highest BCUT2D eigenvalue weighted by molar-refractivity contribution is 5.90. The van der Waals surface area contributed by atoms with E-state index in [1.807, 2.05) is 36.4 Å². The molecule has 0 aliphatic carbocycles. The average Bonchev–Trinajstić information content (AvgIpc) is 3.54. The van der Waals surface area contributed by atoms with Crippen molar-refractivity contribution in [2.75, 3.05) is 36.2 Å². The lowest BCUT2D eigenvalue weighted by Gasteiger charge is -2.21. The van der Waals surface area contributed by atoms with Gasteiger partial charge in [-0.15, -0.1) is 0 Å². The van der Waals surface area contributed by atoms with Crippen LogP contribution >= 0.6 is 0 Å². The Kier molecular flexibility index (Phi) is 11.4. The van der Waals surface area contributed by atoms with Crippen molar-refractivity contribution in [3.63, 3.8) is 0 Å². The van der Waals surface area contributed by atoms with Crippen molar-refractivity contribution in [3.8, 4) is 12.0 Å². The number of ether oxygens (including phenoxy) is 3. The molecule has 17 heteroatoms. The second-order valence-electron chi connectivity index (χ2n) is 12.7. The van der Waals surface area contributed by atoms with E-state index in [2.05, 4.69) is 61.4 Å². The summed E-state index contributed by atoms with van der Waals surface area (Å²) in [6.07, 6.45) is 12.6. The van der Waals surface area contributed by atoms with Crippen LogP contribution in [0.4, 0.5) is 27.9 Å². The van der Waals surface area contributed by atoms with Gasteiger partial charge in [-0.05, 0) is 67.7 Å². The fourth-order valence-electron chi connectivity index (χ4n) is 6.02. The maximum absolute atomic E-state index is 12.7. The number of amides is 1. The maximum atomic E-state index is 12.7. The molecule has 5 heterocycles. The van der Waals surface area contributed by atoms with Crippen LogP contribution in [-0.2, 0) is 30.7 Å². The van der Waals surface area contributed by atoms with Crippen LogP contribution in [-0.4, -0.2) is 60.3 Å². The second kappa shape index (κ2) is 17.8. The van der Waals surface area contributed by atoms with Crippen LogP contribution in [0.5, 0.6) is 12.0 Å². The number of anilines is 3. The Hall–Kier alpha value is -6.78. The lowest BCUT2D eigenvalue weighted by atomic mass is 10.1. The Morgan fingerprint density at radius 2 is 1.47 bits per heavy atom. The number of benzene rings is 2. The summed E-state index contributed by atoms with van der Waals surface area (Å²) in [5.41, 5.74) is 15.9. The Bertz CT molecular complexity index is 2310. The molecule has 2 aromatic carbocycles. The van der Waals surface area contributed by atoms with Crippen LogP contribution in [0.3, 0.4) is 0 Å². The summed E-state index contributed by atoms with van der Waals surface area (Å²) < 4.78 is 37.8. The number of hydrogen-bond acceptors (Lipinski definition) is 13. The molecule has 7 rings (SSSR count). The molecule has 0 radical (unpaired) electrons. The predicted molar refractivity (Wildman–Crippen MR) is 210 cm³/mol. The summed E-state index contributed by atoms with van der Waals surface area (Å²) in [6, 6.07) is 15.9. The van der Waals surface area contributed by atoms with Gasteiger partial charge in [-0.3, -0.25) is 19.6 Å². The summed E-state index contributed by atoms with van der Waals surface area (Å²) in [4.78, 5) is 56.4. The summed E-state index contributed by atoms with van der Waals surface area (Å²) in [7, 11) is 0. The zero-order chi connectivity index (χ0) is 42.7. The first kappa shape index (κ1) is 35.3. The van der Waals surface area contributed by atoms with Crippen LogP contribution in [0, 0.1) is 10.1 Å². The molecule has 0 saturated heterocycles. The number of aromatic amines is 1. The van der Waals surface area contributed by atoms with Crippen LogP contribution in [0.1, 0.15) is 60.8 Å². The molecular formula is C38H46N10O7. The first-order valence-corrected chi connectivity index (χ1v) is 17.9. The molecule has 55 heavy (non-hydrogen) atoms. The number of fused-ring (bicyclic) bond motifs is 7. The van der Waals surface area contributed by atoms with Gasteiger partial charge in [0, 0.05) is 5.94 Å². The van der Waals surface area contributed by atoms with Crippen molar-refractivity contribution in [2.24, 2.45) is 0 Å². The first-order chi connectivity index (χ1) is 28.7. The van der Waals surface area contributed by atoms with Crippen LogP contribution in [0.2, 0.25) is 0 Å². The van der Waals surface area contributed by atoms with E-state index in [4.69, 9.17) is 31.6 Å². The zero-order valence-electron chi connectivity index (χ0n) is 34.3. The summed E-state index contributed by atoms with van der Waals surface area (Å²) in [5.74, 6) is -0.430. The third-order valence-electron chi connectivity index (χ3n) is 8.63. The standard InChI is InChI=1S/C20H23N5O5.C18H19N5O2.2H2/c1-2-29-20(26)24-13-15-10-7-9-14(12-15)8-5-3-4-6-11-30-19-22-17(21)16(25(27)28)18(24)23-19;19-15-14-16-22-17(21-15)25-9-4-2-1-3-6-12-7-5-8-13(10-12)11-23(16)18(24)20-14;;/h3,5,7,9-10,12H,2,4,6,8,11,13H2,1H3,(H2,21,22,23);1,3,5,7-8,10H,2,4,6,9,11H2,(H,20,24)(H2,19,21,22);2*1H/b5-3+;3-1+;;/i;;2*1+1D. The molecule has 0 fully saturated rings. The van der Waals surface area contributed by atoms with E-state index in [1.165, 1.54) is 5.56 Å². The Morgan fingerprint density at radius 1 is 0.891 bits per heavy atom. The lowest BCUT2D eigenvalue weighted by molar-refractivity contribution is -0.383.